The molecule has 2 aliphatic rings. The molecule has 0 aliphatic carbocycles. The fourth-order valence-corrected chi connectivity index (χ4v) is 3.93. The molecular weight excluding hydrogens is 342 g/mol. The molecule has 0 saturated carbocycles. The summed E-state index contributed by atoms with van der Waals surface area (Å²) in [5.74, 6) is 2.36. The Bertz CT molecular complexity index is 717. The normalized spacial score (nSPS) is 18.7. The minimum absolute atomic E-state index is 0.0891. The molecule has 2 saturated heterocycles. The number of carbonyl (C=O) groups is 1. The number of likely N-dealkylation sites (tertiary alicyclic amines) is 2. The van der Waals surface area contributed by atoms with Crippen molar-refractivity contribution in [1.29, 1.82) is 0 Å². The second-order valence-electron chi connectivity index (χ2n) is 7.44. The maximum atomic E-state index is 12.0. The molecule has 7 nitrogen and oxygen atoms in total. The standard InChI is InChI=1S/C20H27N5O2/c26-19(25-9-1-2-10-25)14-27-18-5-3-16(4-6-18)13-24-11-7-17(8-12-24)20-21-15-22-23-20/h3-6,15,17H,1-2,7-14H2,(H,21,22,23). The Balaban J connectivity index is 1.22. The number of aromatic amines is 1. The van der Waals surface area contributed by atoms with Gasteiger partial charge in [0.15, 0.2) is 6.61 Å². The number of aromatic nitrogens is 3. The van der Waals surface area contributed by atoms with Crippen molar-refractivity contribution < 1.29 is 9.53 Å². The lowest BCUT2D eigenvalue weighted by atomic mass is 9.96. The molecule has 4 rings (SSSR count). The van der Waals surface area contributed by atoms with Gasteiger partial charge in [0.05, 0.1) is 0 Å². The maximum absolute atomic E-state index is 12.0. The van der Waals surface area contributed by atoms with Crippen LogP contribution in [0.1, 0.15) is 43.0 Å². The molecule has 7 heteroatoms. The number of nitrogens with zero attached hydrogens (tertiary/aromatic N) is 4. The van der Waals surface area contributed by atoms with Crippen LogP contribution in [0.5, 0.6) is 5.75 Å². The number of hydrogen-bond acceptors (Lipinski definition) is 5. The quantitative estimate of drug-likeness (QED) is 0.845. The Morgan fingerprint density at radius 3 is 2.52 bits per heavy atom. The fraction of sp³-hybridized carbons (Fsp3) is 0.550. The third-order valence-electron chi connectivity index (χ3n) is 5.56. The Kier molecular flexibility index (Phi) is 5.67. The van der Waals surface area contributed by atoms with Crippen molar-refractivity contribution in [2.45, 2.75) is 38.1 Å². The summed E-state index contributed by atoms with van der Waals surface area (Å²) in [5.41, 5.74) is 1.27. The first-order valence-corrected chi connectivity index (χ1v) is 9.85. The zero-order chi connectivity index (χ0) is 18.5. The Morgan fingerprint density at radius 2 is 1.85 bits per heavy atom. The maximum Gasteiger partial charge on any atom is 0.260 e. The molecule has 0 bridgehead atoms. The molecule has 0 atom stereocenters. The summed E-state index contributed by atoms with van der Waals surface area (Å²) in [4.78, 5) is 20.7. The van der Waals surface area contributed by atoms with E-state index in [0.29, 0.717) is 5.92 Å². The Hall–Kier alpha value is -2.41. The number of nitrogens with one attached hydrogen (secondary N) is 1. The molecule has 27 heavy (non-hydrogen) atoms. The van der Waals surface area contributed by atoms with E-state index in [1.165, 1.54) is 5.56 Å². The predicted molar refractivity (Wildman–Crippen MR) is 101 cm³/mol. The second kappa shape index (κ2) is 8.52. The van der Waals surface area contributed by atoms with E-state index in [1.54, 1.807) is 6.33 Å². The SMILES string of the molecule is O=C(COc1ccc(CN2CCC(c3ncn[nH]3)CC2)cc1)N1CCCC1. The number of hydrogen-bond donors (Lipinski definition) is 1. The predicted octanol–water partition coefficient (Wildman–Crippen LogP) is 2.19. The largest absolute Gasteiger partial charge is 0.484 e. The van der Waals surface area contributed by atoms with Gasteiger partial charge in [-0.1, -0.05) is 12.1 Å². The lowest BCUT2D eigenvalue weighted by molar-refractivity contribution is -0.132. The number of rotatable bonds is 6. The van der Waals surface area contributed by atoms with Gasteiger partial charge in [0.25, 0.3) is 5.91 Å². The molecule has 3 heterocycles. The van der Waals surface area contributed by atoms with E-state index in [-0.39, 0.29) is 12.5 Å². The third-order valence-corrected chi connectivity index (χ3v) is 5.56. The van der Waals surface area contributed by atoms with Crippen LogP contribution in [0.2, 0.25) is 0 Å². The van der Waals surface area contributed by atoms with Crippen LogP contribution in [0.3, 0.4) is 0 Å². The van der Waals surface area contributed by atoms with Crippen LogP contribution < -0.4 is 4.74 Å². The van der Waals surface area contributed by atoms with Gasteiger partial charge in [0, 0.05) is 25.6 Å². The molecular formula is C20H27N5O2. The molecule has 2 fully saturated rings. The highest BCUT2D eigenvalue weighted by molar-refractivity contribution is 5.78. The number of carbonyl (C=O) groups excluding carboxylic acids is 1. The van der Waals surface area contributed by atoms with Crippen LogP contribution in [-0.4, -0.2) is 63.7 Å². The Morgan fingerprint density at radius 1 is 1.11 bits per heavy atom. The zero-order valence-corrected chi connectivity index (χ0v) is 15.6. The average Bonchev–Trinajstić information content (AvgIpc) is 3.42. The summed E-state index contributed by atoms with van der Waals surface area (Å²) < 4.78 is 5.66. The highest BCUT2D eigenvalue weighted by Crippen LogP contribution is 2.26. The highest BCUT2D eigenvalue weighted by atomic mass is 16.5. The van der Waals surface area contributed by atoms with E-state index >= 15 is 0 Å². The summed E-state index contributed by atoms with van der Waals surface area (Å²) in [6.07, 6.45) is 6.01. The van der Waals surface area contributed by atoms with Crippen molar-refractivity contribution in [2.24, 2.45) is 0 Å². The molecule has 2 aromatic rings. The van der Waals surface area contributed by atoms with Crippen molar-refractivity contribution in [3.8, 4) is 5.75 Å². The molecule has 144 valence electrons. The summed E-state index contributed by atoms with van der Waals surface area (Å²) >= 11 is 0. The monoisotopic (exact) mass is 369 g/mol. The van der Waals surface area contributed by atoms with E-state index in [4.69, 9.17) is 4.74 Å². The molecule has 1 aromatic heterocycles. The summed E-state index contributed by atoms with van der Waals surface area (Å²) in [6, 6.07) is 8.12. The van der Waals surface area contributed by atoms with Gasteiger partial charge >= 0.3 is 0 Å². The molecule has 1 aromatic carbocycles. The first-order valence-electron chi connectivity index (χ1n) is 9.85. The first-order chi connectivity index (χ1) is 13.3. The molecule has 1 amide bonds. The molecule has 2 aliphatic heterocycles. The van der Waals surface area contributed by atoms with Gasteiger partial charge in [0.2, 0.25) is 0 Å². The van der Waals surface area contributed by atoms with Gasteiger partial charge in [-0.2, -0.15) is 5.10 Å². The minimum atomic E-state index is 0.0891. The van der Waals surface area contributed by atoms with E-state index in [1.807, 2.05) is 17.0 Å². The van der Waals surface area contributed by atoms with Gasteiger partial charge in [-0.05, 0) is 56.5 Å². The van der Waals surface area contributed by atoms with Crippen LogP contribution in [0, 0.1) is 0 Å². The first kappa shape index (κ1) is 18.0. The van der Waals surface area contributed by atoms with Crippen LogP contribution >= 0.6 is 0 Å². The van der Waals surface area contributed by atoms with E-state index < -0.39 is 0 Å². The van der Waals surface area contributed by atoms with Gasteiger partial charge in [-0.15, -0.1) is 0 Å². The van der Waals surface area contributed by atoms with Gasteiger partial charge in [-0.25, -0.2) is 4.98 Å². The summed E-state index contributed by atoms with van der Waals surface area (Å²) in [6.45, 7) is 4.94. The van der Waals surface area contributed by atoms with Crippen LogP contribution in [-0.2, 0) is 11.3 Å². The van der Waals surface area contributed by atoms with Crippen molar-refractivity contribution in [3.05, 3.63) is 42.0 Å². The molecule has 0 radical (unpaired) electrons. The Labute approximate surface area is 159 Å². The van der Waals surface area contributed by atoms with Gasteiger partial charge in [0.1, 0.15) is 17.9 Å². The highest BCUT2D eigenvalue weighted by Gasteiger charge is 2.22. The van der Waals surface area contributed by atoms with Crippen molar-refractivity contribution >= 4 is 5.91 Å². The molecule has 0 unspecified atom stereocenters. The number of benzene rings is 1. The fourth-order valence-electron chi connectivity index (χ4n) is 3.93. The number of piperidine rings is 1. The van der Waals surface area contributed by atoms with E-state index in [0.717, 1.165) is 70.0 Å². The van der Waals surface area contributed by atoms with Crippen LogP contribution in [0.4, 0.5) is 0 Å². The van der Waals surface area contributed by atoms with E-state index in [2.05, 4.69) is 32.2 Å². The smallest absolute Gasteiger partial charge is 0.260 e. The van der Waals surface area contributed by atoms with Gasteiger partial charge in [-0.3, -0.25) is 14.8 Å². The lowest BCUT2D eigenvalue weighted by Crippen LogP contribution is -2.32. The number of ether oxygens (including phenoxy) is 1. The second-order valence-corrected chi connectivity index (χ2v) is 7.44. The van der Waals surface area contributed by atoms with Crippen molar-refractivity contribution in [3.63, 3.8) is 0 Å². The molecule has 1 N–H and O–H groups in total. The van der Waals surface area contributed by atoms with Crippen LogP contribution in [0.15, 0.2) is 30.6 Å². The lowest BCUT2D eigenvalue weighted by Gasteiger charge is -2.30. The van der Waals surface area contributed by atoms with E-state index in [9.17, 15) is 4.79 Å². The van der Waals surface area contributed by atoms with Crippen LogP contribution in [0.25, 0.3) is 0 Å². The summed E-state index contributed by atoms with van der Waals surface area (Å²) in [5, 5.41) is 6.95. The topological polar surface area (TPSA) is 74.3 Å². The molecule has 0 spiro atoms. The van der Waals surface area contributed by atoms with Gasteiger partial charge < -0.3 is 9.64 Å². The number of H-pyrrole nitrogens is 1. The summed E-state index contributed by atoms with van der Waals surface area (Å²) in [7, 11) is 0. The zero-order valence-electron chi connectivity index (χ0n) is 15.6. The average molecular weight is 369 g/mol. The number of amides is 1. The third kappa shape index (κ3) is 4.66. The van der Waals surface area contributed by atoms with Crippen molar-refractivity contribution in [2.75, 3.05) is 32.8 Å². The van der Waals surface area contributed by atoms with Crippen molar-refractivity contribution in [1.82, 2.24) is 25.0 Å². The minimum Gasteiger partial charge on any atom is -0.484 e.